The van der Waals surface area contributed by atoms with Crippen LogP contribution in [0.4, 0.5) is 4.39 Å². The Balaban J connectivity index is 1.92. The zero-order chi connectivity index (χ0) is 14.8. The molecule has 0 aliphatic rings. The number of rotatable bonds is 3. The van der Waals surface area contributed by atoms with Crippen LogP contribution in [0.25, 0.3) is 10.8 Å². The van der Waals surface area contributed by atoms with Crippen molar-refractivity contribution in [1.82, 2.24) is 0 Å². The minimum atomic E-state index is -0.638. The predicted molar refractivity (Wildman–Crippen MR) is 84.0 cm³/mol. The highest BCUT2D eigenvalue weighted by atomic mass is 79.9. The van der Waals surface area contributed by atoms with Gasteiger partial charge >= 0.3 is 0 Å². The van der Waals surface area contributed by atoms with Crippen LogP contribution in [0.3, 0.4) is 0 Å². The van der Waals surface area contributed by atoms with Crippen molar-refractivity contribution >= 4 is 26.7 Å². The van der Waals surface area contributed by atoms with Crippen LogP contribution in [0.1, 0.15) is 5.56 Å². The molecule has 3 aromatic rings. The smallest absolute Gasteiger partial charge is 0.165 e. The molecule has 0 saturated carbocycles. The van der Waals surface area contributed by atoms with Gasteiger partial charge in [0.25, 0.3) is 0 Å². The van der Waals surface area contributed by atoms with Crippen LogP contribution in [0.5, 0.6) is 11.5 Å². The zero-order valence-electron chi connectivity index (χ0n) is 11.0. The number of phenols is 1. The average Bonchev–Trinajstić information content (AvgIpc) is 2.50. The number of hydrogen-bond donors (Lipinski definition) is 1. The molecule has 21 heavy (non-hydrogen) atoms. The first kappa shape index (κ1) is 13.9. The van der Waals surface area contributed by atoms with E-state index < -0.39 is 5.82 Å². The molecule has 0 aromatic heterocycles. The molecule has 0 amide bonds. The molecule has 0 heterocycles. The largest absolute Gasteiger partial charge is 0.504 e. The summed E-state index contributed by atoms with van der Waals surface area (Å²) in [4.78, 5) is 0. The van der Waals surface area contributed by atoms with Crippen molar-refractivity contribution in [2.45, 2.75) is 6.61 Å². The van der Waals surface area contributed by atoms with Gasteiger partial charge in [0.05, 0.1) is 0 Å². The number of benzene rings is 3. The molecule has 3 rings (SSSR count). The third-order valence-electron chi connectivity index (χ3n) is 3.21. The summed E-state index contributed by atoms with van der Waals surface area (Å²) in [7, 11) is 0. The van der Waals surface area contributed by atoms with Crippen molar-refractivity contribution in [3.63, 3.8) is 0 Å². The molecular formula is C17H12BrFO2. The molecular weight excluding hydrogens is 335 g/mol. The predicted octanol–water partition coefficient (Wildman–Crippen LogP) is 5.03. The minimum Gasteiger partial charge on any atom is -0.504 e. The molecule has 0 unspecified atom stereocenters. The first-order chi connectivity index (χ1) is 10.1. The van der Waals surface area contributed by atoms with Gasteiger partial charge in [-0.1, -0.05) is 36.4 Å². The van der Waals surface area contributed by atoms with Crippen LogP contribution in [-0.4, -0.2) is 5.11 Å². The Morgan fingerprint density at radius 1 is 1.05 bits per heavy atom. The molecule has 0 aliphatic heterocycles. The normalized spacial score (nSPS) is 10.8. The lowest BCUT2D eigenvalue weighted by molar-refractivity contribution is 0.306. The number of hydrogen-bond acceptors (Lipinski definition) is 2. The first-order valence-electron chi connectivity index (χ1n) is 6.42. The van der Waals surface area contributed by atoms with Crippen LogP contribution >= 0.6 is 15.9 Å². The molecule has 0 spiro atoms. The van der Waals surface area contributed by atoms with E-state index in [2.05, 4.69) is 15.9 Å². The van der Waals surface area contributed by atoms with E-state index in [1.807, 2.05) is 30.3 Å². The van der Waals surface area contributed by atoms with E-state index in [9.17, 15) is 9.50 Å². The molecule has 0 aliphatic carbocycles. The fourth-order valence-electron chi connectivity index (χ4n) is 2.17. The highest BCUT2D eigenvalue weighted by Crippen LogP contribution is 2.36. The highest BCUT2D eigenvalue weighted by Gasteiger charge is 2.11. The maximum Gasteiger partial charge on any atom is 0.165 e. The van der Waals surface area contributed by atoms with Crippen molar-refractivity contribution in [3.05, 3.63) is 70.5 Å². The molecule has 0 saturated heterocycles. The van der Waals surface area contributed by atoms with Gasteiger partial charge < -0.3 is 9.84 Å². The number of halogens is 2. The average molecular weight is 347 g/mol. The van der Waals surface area contributed by atoms with Crippen LogP contribution < -0.4 is 4.74 Å². The van der Waals surface area contributed by atoms with Crippen molar-refractivity contribution < 1.29 is 14.2 Å². The van der Waals surface area contributed by atoms with E-state index in [4.69, 9.17) is 4.74 Å². The second-order valence-electron chi connectivity index (χ2n) is 4.67. The van der Waals surface area contributed by atoms with Gasteiger partial charge in [-0.15, -0.1) is 0 Å². The van der Waals surface area contributed by atoms with Crippen LogP contribution in [0.15, 0.2) is 59.1 Å². The zero-order valence-corrected chi connectivity index (χ0v) is 12.6. The molecule has 0 atom stereocenters. The Kier molecular flexibility index (Phi) is 3.80. The molecule has 4 heteroatoms. The summed E-state index contributed by atoms with van der Waals surface area (Å²) in [6, 6.07) is 16.2. The van der Waals surface area contributed by atoms with E-state index in [0.29, 0.717) is 27.6 Å². The van der Waals surface area contributed by atoms with Crippen LogP contribution in [0, 0.1) is 5.82 Å². The van der Waals surface area contributed by atoms with Crippen molar-refractivity contribution in [3.8, 4) is 11.5 Å². The SMILES string of the molecule is Oc1c(F)ccc2cc(OCc3ccccc3)cc(Br)c12. The third kappa shape index (κ3) is 2.85. The Hall–Kier alpha value is -2.07. The van der Waals surface area contributed by atoms with Gasteiger partial charge in [0.1, 0.15) is 12.4 Å². The van der Waals surface area contributed by atoms with Crippen molar-refractivity contribution in [2.75, 3.05) is 0 Å². The standard InChI is InChI=1S/C17H12BrFO2/c18-14-9-13(21-10-11-4-2-1-3-5-11)8-12-6-7-15(19)17(20)16(12)14/h1-9,20H,10H2. The van der Waals surface area contributed by atoms with E-state index in [1.165, 1.54) is 6.07 Å². The molecule has 0 radical (unpaired) electrons. The van der Waals surface area contributed by atoms with Gasteiger partial charge in [-0.05, 0) is 45.1 Å². The number of aromatic hydroxyl groups is 1. The van der Waals surface area contributed by atoms with E-state index in [0.717, 1.165) is 5.56 Å². The summed E-state index contributed by atoms with van der Waals surface area (Å²) in [6.45, 7) is 0.450. The van der Waals surface area contributed by atoms with Gasteiger partial charge in [-0.3, -0.25) is 0 Å². The summed E-state index contributed by atoms with van der Waals surface area (Å²) < 4.78 is 19.7. The summed E-state index contributed by atoms with van der Waals surface area (Å²) >= 11 is 3.35. The lowest BCUT2D eigenvalue weighted by Crippen LogP contribution is -1.95. The van der Waals surface area contributed by atoms with Gasteiger partial charge in [0.15, 0.2) is 11.6 Å². The van der Waals surface area contributed by atoms with Gasteiger partial charge in [-0.2, -0.15) is 0 Å². The maximum atomic E-state index is 13.4. The monoisotopic (exact) mass is 346 g/mol. The second-order valence-corrected chi connectivity index (χ2v) is 5.53. The Bertz CT molecular complexity index is 788. The molecule has 106 valence electrons. The quantitative estimate of drug-likeness (QED) is 0.720. The minimum absolute atomic E-state index is 0.353. The molecule has 0 fully saturated rings. The fraction of sp³-hybridized carbons (Fsp3) is 0.0588. The first-order valence-corrected chi connectivity index (χ1v) is 7.22. The third-order valence-corrected chi connectivity index (χ3v) is 3.84. The fourth-order valence-corrected chi connectivity index (χ4v) is 2.81. The summed E-state index contributed by atoms with van der Waals surface area (Å²) in [5, 5.41) is 11.0. The van der Waals surface area contributed by atoms with Gasteiger partial charge in [0.2, 0.25) is 0 Å². The number of fused-ring (bicyclic) bond motifs is 1. The van der Waals surface area contributed by atoms with Gasteiger partial charge in [0, 0.05) is 9.86 Å². The molecule has 3 aromatic carbocycles. The Morgan fingerprint density at radius 2 is 1.81 bits per heavy atom. The highest BCUT2D eigenvalue weighted by molar-refractivity contribution is 9.10. The van der Waals surface area contributed by atoms with Gasteiger partial charge in [-0.25, -0.2) is 4.39 Å². The van der Waals surface area contributed by atoms with Crippen molar-refractivity contribution in [1.29, 1.82) is 0 Å². The molecule has 1 N–H and O–H groups in total. The second kappa shape index (κ2) is 5.74. The summed E-state index contributed by atoms with van der Waals surface area (Å²) in [5.41, 5.74) is 1.07. The lowest BCUT2D eigenvalue weighted by Gasteiger charge is -2.10. The van der Waals surface area contributed by atoms with Crippen molar-refractivity contribution in [2.24, 2.45) is 0 Å². The maximum absolute atomic E-state index is 13.4. The van der Waals surface area contributed by atoms with E-state index >= 15 is 0 Å². The Labute approximate surface area is 129 Å². The summed E-state index contributed by atoms with van der Waals surface area (Å²) in [5.74, 6) is -0.334. The van der Waals surface area contributed by atoms with Crippen LogP contribution in [-0.2, 0) is 6.61 Å². The lowest BCUT2D eigenvalue weighted by atomic mass is 10.1. The molecule has 2 nitrogen and oxygen atoms in total. The van der Waals surface area contributed by atoms with E-state index in [1.54, 1.807) is 18.2 Å². The number of ether oxygens (including phenoxy) is 1. The number of phenolic OH excluding ortho intramolecular Hbond substituents is 1. The summed E-state index contributed by atoms with van der Waals surface area (Å²) in [6.07, 6.45) is 0. The molecule has 0 bridgehead atoms. The topological polar surface area (TPSA) is 29.5 Å². The Morgan fingerprint density at radius 3 is 2.57 bits per heavy atom. The van der Waals surface area contributed by atoms with E-state index in [-0.39, 0.29) is 5.75 Å². The van der Waals surface area contributed by atoms with Crippen LogP contribution in [0.2, 0.25) is 0 Å².